The number of aromatic nitrogens is 1. The number of urea groups is 1. The first-order valence-electron chi connectivity index (χ1n) is 9.29. The summed E-state index contributed by atoms with van der Waals surface area (Å²) in [7, 11) is 0. The van der Waals surface area contributed by atoms with Crippen molar-refractivity contribution >= 4 is 17.6 Å². The Morgan fingerprint density at radius 3 is 2.19 bits per heavy atom. The number of nitrogens with zero attached hydrogens (tertiary/aromatic N) is 1. The Morgan fingerprint density at radius 2 is 1.52 bits per heavy atom. The van der Waals surface area contributed by atoms with E-state index in [1.54, 1.807) is 36.7 Å². The standard InChI is InChI=1S/C22H19F3N4O2/c23-22(24,25)18-3-1-2-16(12-18)14-27-20(30)17-4-6-19(7-5-17)29-21(31)28-13-15-8-10-26-11-9-15/h1-12H,13-14H2,(H,27,30)(H2,28,29,31). The van der Waals surface area contributed by atoms with Crippen LogP contribution in [0, 0.1) is 0 Å². The molecule has 0 atom stereocenters. The summed E-state index contributed by atoms with van der Waals surface area (Å²) in [5, 5.41) is 7.94. The van der Waals surface area contributed by atoms with E-state index in [4.69, 9.17) is 0 Å². The van der Waals surface area contributed by atoms with E-state index in [1.807, 2.05) is 0 Å². The Balaban J connectivity index is 1.50. The number of pyridine rings is 1. The van der Waals surface area contributed by atoms with Crippen molar-refractivity contribution in [2.45, 2.75) is 19.3 Å². The van der Waals surface area contributed by atoms with Gasteiger partial charge in [0.2, 0.25) is 0 Å². The van der Waals surface area contributed by atoms with Crippen molar-refractivity contribution < 1.29 is 22.8 Å². The molecular formula is C22H19F3N4O2. The van der Waals surface area contributed by atoms with Gasteiger partial charge in [-0.1, -0.05) is 12.1 Å². The Morgan fingerprint density at radius 1 is 0.839 bits per heavy atom. The van der Waals surface area contributed by atoms with Gasteiger partial charge in [0.25, 0.3) is 5.91 Å². The average Bonchev–Trinajstić information content (AvgIpc) is 2.77. The van der Waals surface area contributed by atoms with Crippen LogP contribution in [-0.2, 0) is 19.3 Å². The average molecular weight is 428 g/mol. The predicted molar refractivity (Wildman–Crippen MR) is 109 cm³/mol. The number of halogens is 3. The number of nitrogens with one attached hydrogen (secondary N) is 3. The van der Waals surface area contributed by atoms with Crippen molar-refractivity contribution in [3.05, 3.63) is 95.3 Å². The molecule has 3 amide bonds. The van der Waals surface area contributed by atoms with Gasteiger partial charge in [-0.2, -0.15) is 13.2 Å². The van der Waals surface area contributed by atoms with Gasteiger partial charge in [0.05, 0.1) is 5.56 Å². The summed E-state index contributed by atoms with van der Waals surface area (Å²) < 4.78 is 38.3. The summed E-state index contributed by atoms with van der Waals surface area (Å²) in [6, 6.07) is 14.1. The number of amides is 3. The van der Waals surface area contributed by atoms with E-state index in [9.17, 15) is 22.8 Å². The third kappa shape index (κ3) is 6.56. The molecule has 0 spiro atoms. The molecule has 9 heteroatoms. The molecule has 3 N–H and O–H groups in total. The number of alkyl halides is 3. The van der Waals surface area contributed by atoms with Gasteiger partial charge in [-0.3, -0.25) is 9.78 Å². The topological polar surface area (TPSA) is 83.1 Å². The molecule has 0 radical (unpaired) electrons. The molecule has 0 aliphatic heterocycles. The quantitative estimate of drug-likeness (QED) is 0.546. The lowest BCUT2D eigenvalue weighted by molar-refractivity contribution is -0.137. The summed E-state index contributed by atoms with van der Waals surface area (Å²) in [4.78, 5) is 28.1. The molecule has 0 fully saturated rings. The highest BCUT2D eigenvalue weighted by atomic mass is 19.4. The number of carbonyl (C=O) groups is 2. The van der Waals surface area contributed by atoms with Crippen LogP contribution >= 0.6 is 0 Å². The molecule has 0 bridgehead atoms. The van der Waals surface area contributed by atoms with Crippen LogP contribution in [0.5, 0.6) is 0 Å². The summed E-state index contributed by atoms with van der Waals surface area (Å²) in [6.45, 7) is 0.296. The highest BCUT2D eigenvalue weighted by Crippen LogP contribution is 2.29. The zero-order chi connectivity index (χ0) is 22.3. The van der Waals surface area contributed by atoms with Crippen molar-refractivity contribution in [1.82, 2.24) is 15.6 Å². The maximum absolute atomic E-state index is 12.8. The lowest BCUT2D eigenvalue weighted by Gasteiger charge is -2.10. The van der Waals surface area contributed by atoms with E-state index in [1.165, 1.54) is 24.3 Å². The maximum Gasteiger partial charge on any atom is 0.416 e. The van der Waals surface area contributed by atoms with E-state index < -0.39 is 23.7 Å². The predicted octanol–water partition coefficient (Wildman–Crippen LogP) is 4.35. The van der Waals surface area contributed by atoms with Gasteiger partial charge in [0, 0.05) is 36.7 Å². The zero-order valence-corrected chi connectivity index (χ0v) is 16.2. The first-order valence-corrected chi connectivity index (χ1v) is 9.29. The second-order valence-corrected chi connectivity index (χ2v) is 6.62. The molecule has 0 unspecified atom stereocenters. The van der Waals surface area contributed by atoms with Gasteiger partial charge >= 0.3 is 12.2 Å². The fraction of sp³-hybridized carbons (Fsp3) is 0.136. The minimum Gasteiger partial charge on any atom is -0.348 e. The summed E-state index contributed by atoms with van der Waals surface area (Å²) >= 11 is 0. The molecule has 6 nitrogen and oxygen atoms in total. The second-order valence-electron chi connectivity index (χ2n) is 6.62. The zero-order valence-electron chi connectivity index (χ0n) is 16.2. The monoisotopic (exact) mass is 428 g/mol. The number of rotatable bonds is 6. The molecule has 0 aliphatic rings. The first-order chi connectivity index (χ1) is 14.8. The maximum atomic E-state index is 12.8. The second kappa shape index (κ2) is 9.75. The van der Waals surface area contributed by atoms with Gasteiger partial charge in [-0.05, 0) is 59.7 Å². The molecule has 1 aromatic heterocycles. The number of hydrogen-bond acceptors (Lipinski definition) is 3. The van der Waals surface area contributed by atoms with Crippen molar-refractivity contribution in [1.29, 1.82) is 0 Å². The molecule has 3 aromatic rings. The highest BCUT2D eigenvalue weighted by molar-refractivity contribution is 5.95. The van der Waals surface area contributed by atoms with Crippen molar-refractivity contribution in [2.75, 3.05) is 5.32 Å². The SMILES string of the molecule is O=C(NCc1ccncc1)Nc1ccc(C(=O)NCc2cccc(C(F)(F)F)c2)cc1. The smallest absolute Gasteiger partial charge is 0.348 e. The first kappa shape index (κ1) is 21.8. The third-order valence-corrected chi connectivity index (χ3v) is 4.31. The van der Waals surface area contributed by atoms with E-state index in [0.29, 0.717) is 23.4 Å². The third-order valence-electron chi connectivity index (χ3n) is 4.31. The van der Waals surface area contributed by atoms with Gasteiger partial charge in [-0.15, -0.1) is 0 Å². The molecule has 1 heterocycles. The molecule has 2 aromatic carbocycles. The van der Waals surface area contributed by atoms with Crippen LogP contribution in [0.1, 0.15) is 27.0 Å². The normalized spacial score (nSPS) is 10.9. The molecule has 160 valence electrons. The molecule has 0 saturated heterocycles. The van der Waals surface area contributed by atoms with Crippen LogP contribution in [0.4, 0.5) is 23.7 Å². The molecule has 0 saturated carbocycles. The Hall–Kier alpha value is -3.88. The van der Waals surface area contributed by atoms with E-state index >= 15 is 0 Å². The lowest BCUT2D eigenvalue weighted by Crippen LogP contribution is -2.28. The summed E-state index contributed by atoms with van der Waals surface area (Å²) in [5.74, 6) is -0.439. The lowest BCUT2D eigenvalue weighted by atomic mass is 10.1. The van der Waals surface area contributed by atoms with Crippen LogP contribution in [0.25, 0.3) is 0 Å². The Bertz CT molecular complexity index is 1040. The minimum atomic E-state index is -4.44. The molecule has 3 rings (SSSR count). The molecule has 31 heavy (non-hydrogen) atoms. The van der Waals surface area contributed by atoms with Crippen LogP contribution in [0.3, 0.4) is 0 Å². The highest BCUT2D eigenvalue weighted by Gasteiger charge is 2.30. The summed E-state index contributed by atoms with van der Waals surface area (Å²) in [6.07, 6.45) is -1.18. The molecule has 0 aliphatic carbocycles. The van der Waals surface area contributed by atoms with E-state index in [-0.39, 0.29) is 6.54 Å². The Labute approximate surface area is 176 Å². The van der Waals surface area contributed by atoms with Crippen molar-refractivity contribution in [3.8, 4) is 0 Å². The number of benzene rings is 2. The van der Waals surface area contributed by atoms with Gasteiger partial charge in [-0.25, -0.2) is 4.79 Å². The minimum absolute atomic E-state index is 0.0415. The van der Waals surface area contributed by atoms with Gasteiger partial charge < -0.3 is 16.0 Å². The number of anilines is 1. The van der Waals surface area contributed by atoms with Crippen LogP contribution in [0.15, 0.2) is 73.1 Å². The van der Waals surface area contributed by atoms with Gasteiger partial charge in [0.15, 0.2) is 0 Å². The van der Waals surface area contributed by atoms with Gasteiger partial charge in [0.1, 0.15) is 0 Å². The largest absolute Gasteiger partial charge is 0.416 e. The van der Waals surface area contributed by atoms with Crippen molar-refractivity contribution in [2.24, 2.45) is 0 Å². The van der Waals surface area contributed by atoms with Crippen LogP contribution in [-0.4, -0.2) is 16.9 Å². The Kier molecular flexibility index (Phi) is 6.86. The summed E-state index contributed by atoms with van der Waals surface area (Å²) in [5.41, 5.74) is 1.28. The number of carbonyl (C=O) groups excluding carboxylic acids is 2. The van der Waals surface area contributed by atoms with E-state index in [2.05, 4.69) is 20.9 Å². The molecular weight excluding hydrogens is 409 g/mol. The fourth-order valence-corrected chi connectivity index (χ4v) is 2.71. The fourth-order valence-electron chi connectivity index (χ4n) is 2.71. The van der Waals surface area contributed by atoms with Crippen molar-refractivity contribution in [3.63, 3.8) is 0 Å². The van der Waals surface area contributed by atoms with E-state index in [0.717, 1.165) is 17.7 Å². The number of hydrogen-bond donors (Lipinski definition) is 3. The van der Waals surface area contributed by atoms with Crippen LogP contribution in [0.2, 0.25) is 0 Å². The van der Waals surface area contributed by atoms with Crippen LogP contribution < -0.4 is 16.0 Å².